The van der Waals surface area contributed by atoms with Crippen LogP contribution in [0.15, 0.2) is 42.2 Å². The van der Waals surface area contributed by atoms with Gasteiger partial charge >= 0.3 is 11.6 Å². The van der Waals surface area contributed by atoms with Crippen molar-refractivity contribution in [2.75, 3.05) is 6.61 Å². The fourth-order valence-electron chi connectivity index (χ4n) is 1.97. The number of rotatable bonds is 3. The van der Waals surface area contributed by atoms with Crippen LogP contribution in [0.3, 0.4) is 0 Å². The average Bonchev–Trinajstić information content (AvgIpc) is 2.57. The summed E-state index contributed by atoms with van der Waals surface area (Å²) in [6.07, 6.45) is 1.56. The van der Waals surface area contributed by atoms with Crippen LogP contribution in [0.25, 0.3) is 22.9 Å². The molecule has 0 fully saturated rings. The lowest BCUT2D eigenvalue weighted by molar-refractivity contribution is -0.137. The highest BCUT2D eigenvalue weighted by molar-refractivity contribution is 5.87. The zero-order valence-corrected chi connectivity index (χ0v) is 14.3. The maximum atomic E-state index is 12.2. The van der Waals surface area contributed by atoms with Gasteiger partial charge in [0.25, 0.3) is 0 Å². The standard InChI is InChI=1S/C18H18O7/c1-5-10(4)17(21)23-8-13(20)11-6-14-15(7-12(11)19)24-16(9(2)3)18(22)25-14/h5-7,20H,8H2,1-4H3. The Labute approximate surface area is 142 Å². The van der Waals surface area contributed by atoms with E-state index < -0.39 is 29.4 Å². The average molecular weight is 346 g/mol. The predicted molar refractivity (Wildman–Crippen MR) is 90.6 cm³/mol. The van der Waals surface area contributed by atoms with Gasteiger partial charge in [-0.1, -0.05) is 6.08 Å². The van der Waals surface area contributed by atoms with Crippen molar-refractivity contribution in [1.82, 2.24) is 0 Å². The number of hydrogen-bond donors (Lipinski definition) is 1. The largest absolute Gasteiger partial charge is 0.508 e. The minimum Gasteiger partial charge on any atom is -0.508 e. The predicted octanol–water partition coefficient (Wildman–Crippen LogP) is 1.06. The Morgan fingerprint density at radius 2 is 1.80 bits per heavy atom. The van der Waals surface area contributed by atoms with E-state index in [1.807, 2.05) is 0 Å². The Hall–Kier alpha value is -3.09. The van der Waals surface area contributed by atoms with Gasteiger partial charge in [-0.05, 0) is 39.3 Å². The number of carbonyl (C=O) groups excluding carboxylic acids is 1. The maximum absolute atomic E-state index is 12.2. The zero-order valence-electron chi connectivity index (χ0n) is 14.3. The summed E-state index contributed by atoms with van der Waals surface area (Å²) in [5.41, 5.74) is -0.249. The van der Waals surface area contributed by atoms with E-state index in [0.717, 1.165) is 6.07 Å². The van der Waals surface area contributed by atoms with Gasteiger partial charge in [0.15, 0.2) is 16.9 Å². The lowest BCUT2D eigenvalue weighted by Crippen LogP contribution is -2.31. The number of fused-ring (bicyclic) bond motifs is 1. The van der Waals surface area contributed by atoms with Crippen LogP contribution in [0.2, 0.25) is 0 Å². The minimum absolute atomic E-state index is 0.00658. The molecular formula is C18H18O7. The van der Waals surface area contributed by atoms with E-state index in [-0.39, 0.29) is 22.2 Å². The van der Waals surface area contributed by atoms with E-state index in [2.05, 4.69) is 0 Å². The molecular weight excluding hydrogens is 328 g/mol. The Bertz CT molecular complexity index is 1050. The number of allylic oxidation sites excluding steroid dienone is 1. The van der Waals surface area contributed by atoms with Crippen LogP contribution in [0, 0.1) is 0 Å². The van der Waals surface area contributed by atoms with E-state index in [0.29, 0.717) is 11.1 Å². The quantitative estimate of drug-likeness (QED) is 0.654. The number of aliphatic hydroxyl groups excluding tert-OH is 1. The summed E-state index contributed by atoms with van der Waals surface area (Å²) in [6.45, 7) is 6.11. The van der Waals surface area contributed by atoms with Crippen LogP contribution in [-0.2, 0) is 9.53 Å². The molecule has 2 rings (SSSR count). The molecule has 0 saturated carbocycles. The van der Waals surface area contributed by atoms with Crippen molar-refractivity contribution < 1.29 is 23.5 Å². The highest BCUT2D eigenvalue weighted by Gasteiger charge is 2.14. The molecule has 0 radical (unpaired) electrons. The number of ether oxygens (including phenoxy) is 1. The first kappa shape index (κ1) is 18.3. The summed E-state index contributed by atoms with van der Waals surface area (Å²) >= 11 is 0. The highest BCUT2D eigenvalue weighted by atomic mass is 16.5. The molecule has 7 heteroatoms. The molecule has 1 aliphatic heterocycles. The molecule has 1 heterocycles. The van der Waals surface area contributed by atoms with E-state index in [1.54, 1.807) is 33.8 Å². The molecule has 0 aromatic heterocycles. The fraction of sp³-hybridized carbons (Fsp3) is 0.278. The lowest BCUT2D eigenvalue weighted by Gasteiger charge is -2.05. The fourth-order valence-corrected chi connectivity index (χ4v) is 1.97. The van der Waals surface area contributed by atoms with Crippen LogP contribution in [0.1, 0.15) is 27.7 Å². The Balaban J connectivity index is 2.55. The molecule has 0 amide bonds. The van der Waals surface area contributed by atoms with Gasteiger partial charge in [0.1, 0.15) is 12.4 Å². The number of esters is 1. The maximum Gasteiger partial charge on any atom is 0.379 e. The smallest absolute Gasteiger partial charge is 0.379 e. The van der Waals surface area contributed by atoms with Crippen molar-refractivity contribution in [3.8, 4) is 11.5 Å². The second-order valence-corrected chi connectivity index (χ2v) is 5.61. The summed E-state index contributed by atoms with van der Waals surface area (Å²) in [5, 5.41) is 9.90. The van der Waals surface area contributed by atoms with Crippen molar-refractivity contribution in [3.05, 3.63) is 55.1 Å². The topological polar surface area (TPSA) is 107 Å². The number of hydrogen-bond acceptors (Lipinski definition) is 7. The van der Waals surface area contributed by atoms with Crippen molar-refractivity contribution in [2.24, 2.45) is 0 Å². The Morgan fingerprint density at radius 1 is 1.16 bits per heavy atom. The summed E-state index contributed by atoms with van der Waals surface area (Å²) in [7, 11) is 0. The van der Waals surface area contributed by atoms with Crippen LogP contribution in [0.4, 0.5) is 0 Å². The van der Waals surface area contributed by atoms with Gasteiger partial charge in [0.2, 0.25) is 5.42 Å². The number of carbonyl (C=O) groups is 1. The first-order valence-electron chi connectivity index (χ1n) is 7.52. The molecule has 2 aliphatic rings. The van der Waals surface area contributed by atoms with Crippen LogP contribution < -0.4 is 21.7 Å². The normalized spacial score (nSPS) is 12.9. The van der Waals surface area contributed by atoms with Gasteiger partial charge in [0.05, 0.1) is 5.22 Å². The lowest BCUT2D eigenvalue weighted by atomic mass is 10.2. The summed E-state index contributed by atoms with van der Waals surface area (Å²) in [6, 6.07) is 2.29. The third-order valence-electron chi connectivity index (χ3n) is 3.51. The molecule has 0 aromatic rings. The van der Waals surface area contributed by atoms with Crippen LogP contribution in [0.5, 0.6) is 0 Å². The van der Waals surface area contributed by atoms with E-state index in [1.165, 1.54) is 6.07 Å². The Morgan fingerprint density at radius 3 is 2.40 bits per heavy atom. The molecule has 7 nitrogen and oxygen atoms in total. The molecule has 0 aromatic carbocycles. The second-order valence-electron chi connectivity index (χ2n) is 5.61. The molecule has 0 bridgehead atoms. The third-order valence-corrected chi connectivity index (χ3v) is 3.51. The Kier molecular flexibility index (Phi) is 5.26. The highest BCUT2D eigenvalue weighted by Crippen LogP contribution is 2.13. The van der Waals surface area contributed by atoms with E-state index in [9.17, 15) is 19.5 Å². The molecule has 0 saturated heterocycles. The number of benzene rings is 1. The first-order chi connectivity index (χ1) is 11.7. The van der Waals surface area contributed by atoms with Gasteiger partial charge in [-0.3, -0.25) is 4.79 Å². The van der Waals surface area contributed by atoms with Gasteiger partial charge in [-0.25, -0.2) is 9.59 Å². The summed E-state index contributed by atoms with van der Waals surface area (Å²) in [4.78, 5) is 35.6. The molecule has 25 heavy (non-hydrogen) atoms. The van der Waals surface area contributed by atoms with Crippen molar-refractivity contribution in [1.29, 1.82) is 0 Å². The van der Waals surface area contributed by atoms with E-state index in [4.69, 9.17) is 13.6 Å². The van der Waals surface area contributed by atoms with Gasteiger partial charge < -0.3 is 18.7 Å². The molecule has 0 atom stereocenters. The molecule has 132 valence electrons. The van der Waals surface area contributed by atoms with Crippen molar-refractivity contribution >= 4 is 17.3 Å². The van der Waals surface area contributed by atoms with E-state index >= 15 is 0 Å². The van der Waals surface area contributed by atoms with Gasteiger partial charge in [-0.15, -0.1) is 0 Å². The molecule has 0 spiro atoms. The van der Waals surface area contributed by atoms with Crippen molar-refractivity contribution in [2.45, 2.75) is 27.7 Å². The first-order valence-corrected chi connectivity index (χ1v) is 7.52. The monoisotopic (exact) mass is 346 g/mol. The van der Waals surface area contributed by atoms with Crippen LogP contribution in [-0.4, -0.2) is 17.7 Å². The SMILES string of the molecule is CC=C(C)C(=O)OCC(O)=c1cc2oc(=O)c(=C(C)C)oc-2cc1=O. The molecule has 0 unspecified atom stereocenters. The third kappa shape index (κ3) is 3.88. The molecule has 1 aliphatic carbocycles. The van der Waals surface area contributed by atoms with Gasteiger partial charge in [0, 0.05) is 11.6 Å². The molecule has 1 N–H and O–H groups in total. The second kappa shape index (κ2) is 7.21. The van der Waals surface area contributed by atoms with Crippen molar-refractivity contribution in [3.63, 3.8) is 0 Å². The van der Waals surface area contributed by atoms with Gasteiger partial charge in [-0.2, -0.15) is 0 Å². The zero-order chi connectivity index (χ0) is 18.7. The number of aliphatic hydroxyl groups is 1. The van der Waals surface area contributed by atoms with Crippen LogP contribution >= 0.6 is 0 Å². The summed E-state index contributed by atoms with van der Waals surface area (Å²) < 4.78 is 15.4. The minimum atomic E-state index is -0.688. The summed E-state index contributed by atoms with van der Waals surface area (Å²) in [5.74, 6) is -0.970.